The highest BCUT2D eigenvalue weighted by Gasteiger charge is 2.38. The molecule has 0 aliphatic heterocycles. The van der Waals surface area contributed by atoms with Crippen molar-refractivity contribution >= 4 is 40.6 Å². The maximum Gasteiger partial charge on any atom is 0.435 e. The van der Waals surface area contributed by atoms with Crippen LogP contribution in [0.5, 0.6) is 5.88 Å². The Hall–Kier alpha value is -4.29. The van der Waals surface area contributed by atoms with Gasteiger partial charge in [0.25, 0.3) is 5.91 Å². The second-order valence-electron chi connectivity index (χ2n) is 9.38. The number of nitrogens with two attached hydrogens (primary N) is 2. The van der Waals surface area contributed by atoms with Crippen LogP contribution in [0.25, 0.3) is 11.3 Å². The highest BCUT2D eigenvalue weighted by Crippen LogP contribution is 2.40. The van der Waals surface area contributed by atoms with E-state index in [1.807, 2.05) is 13.8 Å². The van der Waals surface area contributed by atoms with Crippen molar-refractivity contribution < 1.29 is 27.2 Å². The van der Waals surface area contributed by atoms with Gasteiger partial charge in [0.15, 0.2) is 5.69 Å². The zero-order chi connectivity index (χ0) is 30.8. The average molecular weight is 621 g/mol. The maximum absolute atomic E-state index is 14.1. The number of nitrogens with zero attached hydrogens (tertiary/aromatic N) is 4. The number of ether oxygens (including phenoxy) is 1. The van der Waals surface area contributed by atoms with Gasteiger partial charge in [-0.3, -0.25) is 4.79 Å². The molecule has 0 bridgehead atoms. The van der Waals surface area contributed by atoms with Gasteiger partial charge >= 0.3 is 6.18 Å². The molecule has 1 amide bonds. The summed E-state index contributed by atoms with van der Waals surface area (Å²) in [6, 6.07) is 13.0. The lowest BCUT2D eigenvalue weighted by Gasteiger charge is -2.22. The third-order valence-electron chi connectivity index (χ3n) is 6.26. The molecule has 0 aliphatic rings. The van der Waals surface area contributed by atoms with Gasteiger partial charge in [0, 0.05) is 35.7 Å². The molecule has 4 N–H and O–H groups in total. The first-order valence-corrected chi connectivity index (χ1v) is 13.1. The molecule has 2 heterocycles. The number of carbonyl (C=O) groups is 1. The van der Waals surface area contributed by atoms with Crippen LogP contribution in [0.1, 0.15) is 52.7 Å². The van der Waals surface area contributed by atoms with Crippen molar-refractivity contribution in [3.05, 3.63) is 92.8 Å². The van der Waals surface area contributed by atoms with Crippen LogP contribution in [-0.2, 0) is 12.8 Å². The molecule has 0 fully saturated rings. The summed E-state index contributed by atoms with van der Waals surface area (Å²) in [5, 5.41) is 8.11. The molecule has 0 spiro atoms. The highest BCUT2D eigenvalue weighted by molar-refractivity contribution is 6.39. The first kappa shape index (κ1) is 30.7. The number of rotatable bonds is 8. The van der Waals surface area contributed by atoms with E-state index < -0.39 is 23.5 Å². The summed E-state index contributed by atoms with van der Waals surface area (Å²) in [7, 11) is 1.21. The fourth-order valence-electron chi connectivity index (χ4n) is 4.14. The Morgan fingerprint density at radius 1 is 1.07 bits per heavy atom. The van der Waals surface area contributed by atoms with E-state index in [1.165, 1.54) is 37.4 Å². The fourth-order valence-corrected chi connectivity index (χ4v) is 4.71. The summed E-state index contributed by atoms with van der Waals surface area (Å²) in [5.74, 6) is 4.46. The number of hydrogen-bond donors (Lipinski definition) is 2. The Balaban J connectivity index is 1.65. The summed E-state index contributed by atoms with van der Waals surface area (Å²) in [4.78, 5) is 17.6. The van der Waals surface area contributed by atoms with Crippen molar-refractivity contribution in [3.63, 3.8) is 0 Å². The zero-order valence-electron chi connectivity index (χ0n) is 22.5. The number of halogens is 5. The van der Waals surface area contributed by atoms with E-state index in [1.54, 1.807) is 18.2 Å². The summed E-state index contributed by atoms with van der Waals surface area (Å²) >= 11 is 12.7. The van der Waals surface area contributed by atoms with E-state index in [9.17, 15) is 18.0 Å². The van der Waals surface area contributed by atoms with Gasteiger partial charge in [-0.05, 0) is 30.3 Å². The highest BCUT2D eigenvalue weighted by atomic mass is 35.5. The minimum absolute atomic E-state index is 0.0373. The molecule has 0 atom stereocenters. The third kappa shape index (κ3) is 6.29. The van der Waals surface area contributed by atoms with Crippen LogP contribution in [0.2, 0.25) is 10.0 Å². The van der Waals surface area contributed by atoms with E-state index in [0.717, 1.165) is 11.0 Å². The van der Waals surface area contributed by atoms with Gasteiger partial charge in [-0.1, -0.05) is 60.4 Å². The molecule has 2 aromatic carbocycles. The smallest absolute Gasteiger partial charge is 0.435 e. The first-order chi connectivity index (χ1) is 19.8. The molecule has 9 nitrogen and oxygen atoms in total. The Bertz CT molecular complexity index is 1620. The number of amides is 1. The molecule has 14 heteroatoms. The van der Waals surface area contributed by atoms with Gasteiger partial charge < -0.3 is 25.7 Å². The number of hydrogen-bond acceptors (Lipinski definition) is 7. The topological polar surface area (TPSA) is 133 Å². The van der Waals surface area contributed by atoms with Crippen molar-refractivity contribution in [2.75, 3.05) is 11.9 Å². The number of anilines is 1. The molecule has 0 aliphatic carbocycles. The number of hydrazone groups is 1. The predicted octanol–water partition coefficient (Wildman–Crippen LogP) is 6.62. The average Bonchev–Trinajstić information content (AvgIpc) is 3.38. The summed E-state index contributed by atoms with van der Waals surface area (Å²) in [6.45, 7) is 3.48. The van der Waals surface area contributed by atoms with Gasteiger partial charge in [0.2, 0.25) is 5.88 Å². The molecule has 4 aromatic rings. The Labute approximate surface area is 248 Å². The lowest BCUT2D eigenvalue weighted by Crippen LogP contribution is -2.29. The van der Waals surface area contributed by atoms with Gasteiger partial charge in [-0.15, -0.1) is 0 Å². The van der Waals surface area contributed by atoms with Gasteiger partial charge in [0.05, 0.1) is 21.3 Å². The van der Waals surface area contributed by atoms with Crippen molar-refractivity contribution in [2.24, 2.45) is 16.7 Å². The van der Waals surface area contributed by atoms with E-state index >= 15 is 0 Å². The van der Waals surface area contributed by atoms with Gasteiger partial charge in [-0.2, -0.15) is 18.3 Å². The molecule has 220 valence electrons. The number of alkyl halides is 3. The quantitative estimate of drug-likeness (QED) is 0.0978. The third-order valence-corrected chi connectivity index (χ3v) is 6.89. The monoisotopic (exact) mass is 620 g/mol. The fraction of sp³-hybridized carbons (Fsp3) is 0.214. The van der Waals surface area contributed by atoms with Crippen LogP contribution < -0.4 is 21.2 Å². The standard InChI is InChI=1S/C28H25Cl2F3N6O3/c1-14(2)24-17(23(38-42-24)22-18(29)5-4-6-19(22)30)13-41-21-12-11-20(25(36-21)28(31,32)33)39(3)27(40)16-9-7-15(8-10-16)26(34)37-35/h4-12,14H,13,35H2,1-3H3,(H2,34,37). The molecule has 4 rings (SSSR count). The van der Waals surface area contributed by atoms with Crippen LogP contribution >= 0.6 is 23.2 Å². The summed E-state index contributed by atoms with van der Waals surface area (Å²) in [6.07, 6.45) is -4.91. The number of amidine groups is 1. The van der Waals surface area contributed by atoms with Gasteiger partial charge in [0.1, 0.15) is 23.9 Å². The van der Waals surface area contributed by atoms with Crippen molar-refractivity contribution in [1.82, 2.24) is 10.1 Å². The van der Waals surface area contributed by atoms with Crippen LogP contribution in [0.15, 0.2) is 64.2 Å². The Morgan fingerprint density at radius 2 is 1.69 bits per heavy atom. The number of benzene rings is 2. The number of pyridine rings is 1. The van der Waals surface area contributed by atoms with E-state index in [0.29, 0.717) is 38.2 Å². The normalized spacial score (nSPS) is 12.1. The van der Waals surface area contributed by atoms with E-state index in [-0.39, 0.29) is 29.8 Å². The molecule has 0 saturated heterocycles. The van der Waals surface area contributed by atoms with Crippen LogP contribution in [0.3, 0.4) is 0 Å². The Kier molecular flexibility index (Phi) is 8.97. The SMILES string of the molecule is CC(C)c1onc(-c2c(Cl)cccc2Cl)c1COc1ccc(N(C)C(=O)c2ccc(/C(N)=N/N)cc2)c(C(F)(F)F)n1. The minimum Gasteiger partial charge on any atom is -0.473 e. The minimum atomic E-state index is -4.91. The Morgan fingerprint density at radius 3 is 2.26 bits per heavy atom. The second kappa shape index (κ2) is 12.3. The molecule has 2 aromatic heterocycles. The van der Waals surface area contributed by atoms with Gasteiger partial charge in [-0.25, -0.2) is 4.98 Å². The zero-order valence-corrected chi connectivity index (χ0v) is 24.1. The summed E-state index contributed by atoms with van der Waals surface area (Å²) in [5.41, 5.74) is 5.59. The lowest BCUT2D eigenvalue weighted by molar-refractivity contribution is -0.140. The van der Waals surface area contributed by atoms with Crippen molar-refractivity contribution in [3.8, 4) is 17.1 Å². The molecular formula is C28H25Cl2F3N6O3. The van der Waals surface area contributed by atoms with Crippen molar-refractivity contribution in [1.29, 1.82) is 0 Å². The molecule has 42 heavy (non-hydrogen) atoms. The molecular weight excluding hydrogens is 596 g/mol. The van der Waals surface area contributed by atoms with Crippen LogP contribution in [0, 0.1) is 0 Å². The van der Waals surface area contributed by atoms with Crippen LogP contribution in [-0.4, -0.2) is 28.9 Å². The summed E-state index contributed by atoms with van der Waals surface area (Å²) < 4.78 is 53.7. The molecule has 0 saturated carbocycles. The second-order valence-corrected chi connectivity index (χ2v) is 10.2. The lowest BCUT2D eigenvalue weighted by atomic mass is 10.0. The van der Waals surface area contributed by atoms with E-state index in [2.05, 4.69) is 15.2 Å². The number of carbonyl (C=O) groups excluding carboxylic acids is 1. The van der Waals surface area contributed by atoms with Crippen molar-refractivity contribution in [2.45, 2.75) is 32.5 Å². The number of aromatic nitrogens is 2. The van der Waals surface area contributed by atoms with E-state index in [4.69, 9.17) is 44.0 Å². The largest absolute Gasteiger partial charge is 0.473 e. The first-order valence-electron chi connectivity index (χ1n) is 12.4. The van der Waals surface area contributed by atoms with Crippen LogP contribution in [0.4, 0.5) is 18.9 Å². The maximum atomic E-state index is 14.1. The predicted molar refractivity (Wildman–Crippen MR) is 154 cm³/mol. The molecule has 0 radical (unpaired) electrons. The molecule has 0 unspecified atom stereocenters.